The number of hydroxylamine groups is 1. The highest BCUT2D eigenvalue weighted by Gasteiger charge is 2.09. The topological polar surface area (TPSA) is 38.3 Å². The van der Waals surface area contributed by atoms with E-state index in [1.54, 1.807) is 0 Å². The Morgan fingerprint density at radius 3 is 2.29 bits per heavy atom. The molecule has 0 aliphatic rings. The molecule has 0 fully saturated rings. The van der Waals surface area contributed by atoms with E-state index in [0.717, 1.165) is 6.42 Å². The molecule has 0 rings (SSSR count). The Morgan fingerprint density at radius 2 is 1.86 bits per heavy atom. The molecule has 0 heterocycles. The molecule has 1 N–H and O–H groups in total. The fourth-order valence-corrected chi connectivity index (χ4v) is 1.27. The van der Waals surface area contributed by atoms with Crippen molar-refractivity contribution in [1.82, 2.24) is 5.48 Å². The molecule has 1 unspecified atom stereocenters. The summed E-state index contributed by atoms with van der Waals surface area (Å²) in [6.07, 6.45) is 1.48. The van der Waals surface area contributed by atoms with Gasteiger partial charge in [-0.3, -0.25) is 9.63 Å². The predicted molar refractivity (Wildman–Crippen MR) is 57.6 cm³/mol. The Bertz CT molecular complexity index is 217. The van der Waals surface area contributed by atoms with E-state index >= 15 is 0 Å². The lowest BCUT2D eigenvalue weighted by Gasteiger charge is -2.12. The smallest absolute Gasteiger partial charge is 0.243 e. The molecule has 82 valence electrons. The van der Waals surface area contributed by atoms with Crippen molar-refractivity contribution >= 4 is 5.91 Å². The van der Waals surface area contributed by atoms with Gasteiger partial charge in [0.15, 0.2) is 0 Å². The molecule has 3 nitrogen and oxygen atoms in total. The Kier molecular flexibility index (Phi) is 6.21. The molecule has 0 aromatic carbocycles. The third-order valence-corrected chi connectivity index (χ3v) is 2.26. The quantitative estimate of drug-likeness (QED) is 0.545. The molecular weight excluding hydrogens is 178 g/mol. The van der Waals surface area contributed by atoms with Crippen molar-refractivity contribution in [3.63, 3.8) is 0 Å². The van der Waals surface area contributed by atoms with Gasteiger partial charge in [0, 0.05) is 6.42 Å². The zero-order valence-corrected chi connectivity index (χ0v) is 9.81. The van der Waals surface area contributed by atoms with Crippen LogP contribution in [0.15, 0.2) is 11.1 Å². The third kappa shape index (κ3) is 5.75. The highest BCUT2D eigenvalue weighted by Crippen LogP contribution is 2.16. The van der Waals surface area contributed by atoms with Gasteiger partial charge in [-0.1, -0.05) is 18.1 Å². The van der Waals surface area contributed by atoms with Gasteiger partial charge in [-0.05, 0) is 33.1 Å². The SMILES string of the molecule is CONC(=O)CC(C)CC(C)=C(C)C. The van der Waals surface area contributed by atoms with Crippen LogP contribution in [0.2, 0.25) is 0 Å². The number of carbonyl (C=O) groups is 1. The lowest BCUT2D eigenvalue weighted by Crippen LogP contribution is -2.23. The number of amides is 1. The van der Waals surface area contributed by atoms with Crippen molar-refractivity contribution < 1.29 is 9.63 Å². The number of allylic oxidation sites excluding steroid dienone is 2. The van der Waals surface area contributed by atoms with Crippen LogP contribution in [0.5, 0.6) is 0 Å². The van der Waals surface area contributed by atoms with Gasteiger partial charge in [0.1, 0.15) is 0 Å². The molecule has 0 aromatic heterocycles. The summed E-state index contributed by atoms with van der Waals surface area (Å²) in [6, 6.07) is 0. The maximum atomic E-state index is 11.2. The van der Waals surface area contributed by atoms with Crippen LogP contribution in [-0.4, -0.2) is 13.0 Å². The van der Waals surface area contributed by atoms with E-state index in [-0.39, 0.29) is 5.91 Å². The molecule has 0 aliphatic heterocycles. The Hall–Kier alpha value is -0.830. The van der Waals surface area contributed by atoms with Crippen LogP contribution in [-0.2, 0) is 9.63 Å². The fraction of sp³-hybridized carbons (Fsp3) is 0.727. The molecule has 0 radical (unpaired) electrons. The first-order valence-electron chi connectivity index (χ1n) is 4.92. The van der Waals surface area contributed by atoms with E-state index in [1.165, 1.54) is 18.3 Å². The van der Waals surface area contributed by atoms with Crippen molar-refractivity contribution in [2.75, 3.05) is 7.11 Å². The van der Waals surface area contributed by atoms with Crippen molar-refractivity contribution in [2.45, 2.75) is 40.5 Å². The van der Waals surface area contributed by atoms with Gasteiger partial charge in [-0.15, -0.1) is 0 Å². The summed E-state index contributed by atoms with van der Waals surface area (Å²) in [6.45, 7) is 8.37. The van der Waals surface area contributed by atoms with Crippen molar-refractivity contribution in [2.24, 2.45) is 5.92 Å². The monoisotopic (exact) mass is 199 g/mol. The van der Waals surface area contributed by atoms with Crippen LogP contribution in [0.1, 0.15) is 40.5 Å². The van der Waals surface area contributed by atoms with Crippen LogP contribution < -0.4 is 5.48 Å². The molecule has 1 atom stereocenters. The fourth-order valence-electron chi connectivity index (χ4n) is 1.27. The zero-order valence-electron chi connectivity index (χ0n) is 9.81. The van der Waals surface area contributed by atoms with Crippen LogP contribution in [0, 0.1) is 5.92 Å². The average Bonchev–Trinajstić information content (AvgIpc) is 2.03. The summed E-state index contributed by atoms with van der Waals surface area (Å²) in [5.41, 5.74) is 5.02. The summed E-state index contributed by atoms with van der Waals surface area (Å²) in [4.78, 5) is 15.7. The van der Waals surface area contributed by atoms with Gasteiger partial charge < -0.3 is 0 Å². The van der Waals surface area contributed by atoms with Gasteiger partial charge in [-0.2, -0.15) is 0 Å². The molecule has 3 heteroatoms. The second-order valence-electron chi connectivity index (χ2n) is 4.02. The number of nitrogens with one attached hydrogen (secondary N) is 1. The highest BCUT2D eigenvalue weighted by atomic mass is 16.6. The molecule has 0 aromatic rings. The number of hydrogen-bond donors (Lipinski definition) is 1. The van der Waals surface area contributed by atoms with Crippen molar-refractivity contribution in [1.29, 1.82) is 0 Å². The summed E-state index contributed by atoms with van der Waals surface area (Å²) in [7, 11) is 1.45. The zero-order chi connectivity index (χ0) is 11.1. The lowest BCUT2D eigenvalue weighted by molar-refractivity contribution is -0.132. The number of rotatable bonds is 5. The molecule has 1 amide bonds. The molecule has 0 aliphatic carbocycles. The summed E-state index contributed by atoms with van der Waals surface area (Å²) < 4.78 is 0. The largest absolute Gasteiger partial charge is 0.277 e. The first-order chi connectivity index (χ1) is 6.47. The van der Waals surface area contributed by atoms with Crippen molar-refractivity contribution in [3.8, 4) is 0 Å². The molecule has 0 saturated heterocycles. The summed E-state index contributed by atoms with van der Waals surface area (Å²) in [5.74, 6) is 0.307. The van der Waals surface area contributed by atoms with Crippen LogP contribution in [0.4, 0.5) is 0 Å². The molecular formula is C11H21NO2. The average molecular weight is 199 g/mol. The van der Waals surface area contributed by atoms with Gasteiger partial charge in [-0.25, -0.2) is 5.48 Å². The lowest BCUT2D eigenvalue weighted by atomic mass is 9.96. The Balaban J connectivity index is 3.93. The van der Waals surface area contributed by atoms with Crippen LogP contribution in [0.3, 0.4) is 0 Å². The van der Waals surface area contributed by atoms with E-state index < -0.39 is 0 Å². The predicted octanol–water partition coefficient (Wildman–Crippen LogP) is 2.44. The molecule has 0 spiro atoms. The maximum Gasteiger partial charge on any atom is 0.243 e. The number of hydrogen-bond acceptors (Lipinski definition) is 2. The van der Waals surface area contributed by atoms with E-state index in [0.29, 0.717) is 12.3 Å². The summed E-state index contributed by atoms with van der Waals surface area (Å²) >= 11 is 0. The maximum absolute atomic E-state index is 11.2. The standard InChI is InChI=1S/C11H21NO2/c1-8(2)10(4)6-9(3)7-11(13)12-14-5/h9H,6-7H2,1-5H3,(H,12,13). The van der Waals surface area contributed by atoms with E-state index in [1.807, 2.05) is 0 Å². The third-order valence-electron chi connectivity index (χ3n) is 2.26. The van der Waals surface area contributed by atoms with Gasteiger partial charge in [0.2, 0.25) is 5.91 Å². The van der Waals surface area contributed by atoms with E-state index in [4.69, 9.17) is 0 Å². The van der Waals surface area contributed by atoms with E-state index in [9.17, 15) is 4.79 Å². The molecule has 0 saturated carbocycles. The van der Waals surface area contributed by atoms with Gasteiger partial charge >= 0.3 is 0 Å². The number of carbonyl (C=O) groups excluding carboxylic acids is 1. The van der Waals surface area contributed by atoms with Gasteiger partial charge in [0.25, 0.3) is 0 Å². The minimum atomic E-state index is -0.0541. The molecule has 14 heavy (non-hydrogen) atoms. The highest BCUT2D eigenvalue weighted by molar-refractivity contribution is 5.74. The summed E-state index contributed by atoms with van der Waals surface area (Å²) in [5, 5.41) is 0. The normalized spacial score (nSPS) is 12.1. The van der Waals surface area contributed by atoms with Gasteiger partial charge in [0.05, 0.1) is 7.11 Å². The minimum absolute atomic E-state index is 0.0541. The van der Waals surface area contributed by atoms with Crippen molar-refractivity contribution in [3.05, 3.63) is 11.1 Å². The second-order valence-corrected chi connectivity index (χ2v) is 4.02. The first kappa shape index (κ1) is 13.2. The molecule has 0 bridgehead atoms. The first-order valence-corrected chi connectivity index (χ1v) is 4.92. The van der Waals surface area contributed by atoms with Crippen LogP contribution >= 0.6 is 0 Å². The minimum Gasteiger partial charge on any atom is -0.277 e. The van der Waals surface area contributed by atoms with E-state index in [2.05, 4.69) is 38.0 Å². The Labute approximate surface area is 86.5 Å². The van der Waals surface area contributed by atoms with Crippen LogP contribution in [0.25, 0.3) is 0 Å². The second kappa shape index (κ2) is 6.60. The Morgan fingerprint density at radius 1 is 1.29 bits per heavy atom.